The lowest BCUT2D eigenvalue weighted by atomic mass is 10.1. The van der Waals surface area contributed by atoms with E-state index >= 15 is 0 Å². The molecule has 104 valence electrons. The van der Waals surface area contributed by atoms with Crippen molar-refractivity contribution >= 4 is 29.2 Å². The van der Waals surface area contributed by atoms with Crippen molar-refractivity contribution in [3.8, 4) is 5.75 Å². The first kappa shape index (κ1) is 14.7. The molecule has 2 aromatic rings. The molecule has 0 aliphatic rings. The molecule has 0 unspecified atom stereocenters. The lowest BCUT2D eigenvalue weighted by Gasteiger charge is -2.10. The first-order valence-electron chi connectivity index (χ1n) is 5.85. The standard InChI is InChI=1S/C15H12Cl2O3/c1-19-15(18)14-8-12(17)3-2-10(14)9-20-13-6-4-11(16)5-7-13/h2-8H,9H2,1H3. The minimum atomic E-state index is -0.442. The third-order valence-corrected chi connectivity index (χ3v) is 3.17. The van der Waals surface area contributed by atoms with Crippen molar-refractivity contribution in [2.45, 2.75) is 6.61 Å². The minimum absolute atomic E-state index is 0.239. The molecule has 0 amide bonds. The Balaban J connectivity index is 2.16. The fraction of sp³-hybridized carbons (Fsp3) is 0.133. The number of rotatable bonds is 4. The van der Waals surface area contributed by atoms with Gasteiger partial charge in [-0.1, -0.05) is 29.3 Å². The van der Waals surface area contributed by atoms with E-state index in [4.69, 9.17) is 32.7 Å². The Morgan fingerprint density at radius 3 is 2.35 bits per heavy atom. The first-order chi connectivity index (χ1) is 9.60. The molecule has 0 aliphatic heterocycles. The highest BCUT2D eigenvalue weighted by Gasteiger charge is 2.13. The van der Waals surface area contributed by atoms with Gasteiger partial charge in [0.2, 0.25) is 0 Å². The van der Waals surface area contributed by atoms with E-state index in [0.717, 1.165) is 0 Å². The van der Waals surface area contributed by atoms with Gasteiger partial charge in [-0.3, -0.25) is 0 Å². The molecule has 3 nitrogen and oxygen atoms in total. The van der Waals surface area contributed by atoms with Gasteiger partial charge in [-0.2, -0.15) is 0 Å². The number of hydrogen-bond donors (Lipinski definition) is 0. The van der Waals surface area contributed by atoms with Crippen molar-refractivity contribution in [2.24, 2.45) is 0 Å². The molecule has 0 N–H and O–H groups in total. The molecule has 0 saturated carbocycles. The van der Waals surface area contributed by atoms with Gasteiger partial charge < -0.3 is 9.47 Å². The summed E-state index contributed by atoms with van der Waals surface area (Å²) in [7, 11) is 1.33. The number of benzene rings is 2. The summed E-state index contributed by atoms with van der Waals surface area (Å²) in [6.45, 7) is 0.239. The zero-order valence-corrected chi connectivity index (χ0v) is 12.2. The van der Waals surface area contributed by atoms with Gasteiger partial charge in [0.05, 0.1) is 12.7 Å². The van der Waals surface area contributed by atoms with Gasteiger partial charge in [0, 0.05) is 15.6 Å². The maximum absolute atomic E-state index is 11.7. The Morgan fingerprint density at radius 1 is 1.05 bits per heavy atom. The SMILES string of the molecule is COC(=O)c1cc(Cl)ccc1COc1ccc(Cl)cc1. The number of esters is 1. The summed E-state index contributed by atoms with van der Waals surface area (Å²) in [4.78, 5) is 11.7. The predicted octanol–water partition coefficient (Wildman–Crippen LogP) is 4.36. The average Bonchev–Trinajstić information content (AvgIpc) is 2.46. The Morgan fingerprint density at radius 2 is 1.70 bits per heavy atom. The van der Waals surface area contributed by atoms with Crippen molar-refractivity contribution in [1.82, 2.24) is 0 Å². The van der Waals surface area contributed by atoms with Crippen LogP contribution in [-0.2, 0) is 11.3 Å². The molecule has 0 spiro atoms. The molecule has 0 aliphatic carbocycles. The summed E-state index contributed by atoms with van der Waals surface area (Å²) in [5.41, 5.74) is 1.10. The van der Waals surface area contributed by atoms with Crippen molar-refractivity contribution < 1.29 is 14.3 Å². The maximum atomic E-state index is 11.7. The molecule has 2 aromatic carbocycles. The van der Waals surface area contributed by atoms with Crippen molar-refractivity contribution in [2.75, 3.05) is 7.11 Å². The molecular formula is C15H12Cl2O3. The second-order valence-electron chi connectivity index (χ2n) is 4.04. The lowest BCUT2D eigenvalue weighted by Crippen LogP contribution is -2.08. The largest absolute Gasteiger partial charge is 0.489 e. The van der Waals surface area contributed by atoms with E-state index in [-0.39, 0.29) is 6.61 Å². The minimum Gasteiger partial charge on any atom is -0.489 e. The van der Waals surface area contributed by atoms with E-state index < -0.39 is 5.97 Å². The van der Waals surface area contributed by atoms with E-state index in [1.807, 2.05) is 0 Å². The fourth-order valence-electron chi connectivity index (χ4n) is 1.67. The van der Waals surface area contributed by atoms with E-state index in [1.165, 1.54) is 7.11 Å². The number of carbonyl (C=O) groups is 1. The number of halogens is 2. The Bertz CT molecular complexity index is 609. The average molecular weight is 311 g/mol. The van der Waals surface area contributed by atoms with E-state index in [9.17, 15) is 4.79 Å². The molecule has 5 heteroatoms. The maximum Gasteiger partial charge on any atom is 0.338 e. The summed E-state index contributed by atoms with van der Waals surface area (Å²) in [6.07, 6.45) is 0. The van der Waals surface area contributed by atoms with Crippen LogP contribution in [0.3, 0.4) is 0 Å². The van der Waals surface area contributed by atoms with Crippen LogP contribution in [0.15, 0.2) is 42.5 Å². The van der Waals surface area contributed by atoms with Crippen LogP contribution in [0.4, 0.5) is 0 Å². The number of methoxy groups -OCH3 is 1. The molecule has 0 bridgehead atoms. The van der Waals surface area contributed by atoms with Crippen LogP contribution >= 0.6 is 23.2 Å². The third-order valence-electron chi connectivity index (χ3n) is 2.69. The molecule has 0 atom stereocenters. The Kier molecular flexibility index (Phi) is 4.88. The summed E-state index contributed by atoms with van der Waals surface area (Å²) < 4.78 is 10.3. The molecule has 0 heterocycles. The van der Waals surface area contributed by atoms with E-state index in [0.29, 0.717) is 26.9 Å². The van der Waals surface area contributed by atoms with E-state index in [1.54, 1.807) is 42.5 Å². The summed E-state index contributed by atoms with van der Waals surface area (Å²) >= 11 is 11.7. The molecule has 0 aromatic heterocycles. The fourth-order valence-corrected chi connectivity index (χ4v) is 1.96. The van der Waals surface area contributed by atoms with Crippen molar-refractivity contribution in [3.63, 3.8) is 0 Å². The van der Waals surface area contributed by atoms with Gasteiger partial charge in [0.1, 0.15) is 12.4 Å². The molecular weight excluding hydrogens is 299 g/mol. The Hall–Kier alpha value is -1.71. The zero-order valence-electron chi connectivity index (χ0n) is 10.7. The molecule has 2 rings (SSSR count). The van der Waals surface area contributed by atoms with Crippen LogP contribution in [0, 0.1) is 0 Å². The molecule has 0 radical (unpaired) electrons. The second-order valence-corrected chi connectivity index (χ2v) is 4.91. The Labute approximate surface area is 127 Å². The van der Waals surface area contributed by atoms with Crippen LogP contribution < -0.4 is 4.74 Å². The van der Waals surface area contributed by atoms with Crippen LogP contribution in [-0.4, -0.2) is 13.1 Å². The van der Waals surface area contributed by atoms with Gasteiger partial charge >= 0.3 is 5.97 Å². The topological polar surface area (TPSA) is 35.5 Å². The summed E-state index contributed by atoms with van der Waals surface area (Å²) in [5, 5.41) is 1.11. The normalized spacial score (nSPS) is 10.2. The molecule has 20 heavy (non-hydrogen) atoms. The highest BCUT2D eigenvalue weighted by molar-refractivity contribution is 6.31. The van der Waals surface area contributed by atoms with Crippen molar-refractivity contribution in [3.05, 3.63) is 63.6 Å². The van der Waals surface area contributed by atoms with Crippen LogP contribution in [0.25, 0.3) is 0 Å². The van der Waals surface area contributed by atoms with Gasteiger partial charge in [0.15, 0.2) is 0 Å². The van der Waals surface area contributed by atoms with Gasteiger partial charge in [-0.15, -0.1) is 0 Å². The number of carbonyl (C=O) groups excluding carboxylic acids is 1. The zero-order chi connectivity index (χ0) is 14.5. The first-order valence-corrected chi connectivity index (χ1v) is 6.61. The second kappa shape index (κ2) is 6.64. The monoisotopic (exact) mass is 310 g/mol. The van der Waals surface area contributed by atoms with Crippen LogP contribution in [0.5, 0.6) is 5.75 Å². The van der Waals surface area contributed by atoms with Gasteiger partial charge in [-0.25, -0.2) is 4.79 Å². The van der Waals surface area contributed by atoms with Crippen molar-refractivity contribution in [1.29, 1.82) is 0 Å². The third kappa shape index (κ3) is 3.65. The number of hydrogen-bond acceptors (Lipinski definition) is 3. The van der Waals surface area contributed by atoms with Crippen LogP contribution in [0.1, 0.15) is 15.9 Å². The number of ether oxygens (including phenoxy) is 2. The quantitative estimate of drug-likeness (QED) is 0.787. The predicted molar refractivity (Wildman–Crippen MR) is 78.6 cm³/mol. The summed E-state index contributed by atoms with van der Waals surface area (Å²) in [6, 6.07) is 12.0. The molecule has 0 saturated heterocycles. The summed E-state index contributed by atoms with van der Waals surface area (Å²) in [5.74, 6) is 0.224. The van der Waals surface area contributed by atoms with Gasteiger partial charge in [-0.05, 0) is 36.4 Å². The lowest BCUT2D eigenvalue weighted by molar-refractivity contribution is 0.0597. The highest BCUT2D eigenvalue weighted by atomic mass is 35.5. The smallest absolute Gasteiger partial charge is 0.338 e. The van der Waals surface area contributed by atoms with Gasteiger partial charge in [0.25, 0.3) is 0 Å². The van der Waals surface area contributed by atoms with Crippen LogP contribution in [0.2, 0.25) is 10.0 Å². The highest BCUT2D eigenvalue weighted by Crippen LogP contribution is 2.21. The molecule has 0 fully saturated rings. The van der Waals surface area contributed by atoms with E-state index in [2.05, 4.69) is 0 Å².